The quantitative estimate of drug-likeness (QED) is 0.0805. The molecule has 14 nitrogen and oxygen atoms in total. The van der Waals surface area contributed by atoms with E-state index in [0.29, 0.717) is 21.4 Å². The molecule has 4 heterocycles. The van der Waals surface area contributed by atoms with E-state index >= 15 is 0 Å². The largest absolute Gasteiger partial charge is 0.477 e. The molecule has 0 aromatic carbocycles. The second kappa shape index (κ2) is 10.4. The van der Waals surface area contributed by atoms with Crippen molar-refractivity contribution in [1.29, 1.82) is 0 Å². The number of carbonyl (C=O) groups excluding carboxylic acids is 3. The summed E-state index contributed by atoms with van der Waals surface area (Å²) in [4.78, 5) is 54.9. The number of fused-ring (bicyclic) bond motifs is 1. The van der Waals surface area contributed by atoms with Crippen molar-refractivity contribution in [3.8, 4) is 0 Å². The summed E-state index contributed by atoms with van der Waals surface area (Å²) in [6.07, 6.45) is 0. The number of hydrogen-bond donors (Lipinski definition) is 6. The second-order valence-electron chi connectivity index (χ2n) is 7.19. The third-order valence-corrected chi connectivity index (χ3v) is 9.02. The van der Waals surface area contributed by atoms with Gasteiger partial charge in [0.2, 0.25) is 5.91 Å². The highest BCUT2D eigenvalue weighted by Crippen LogP contribution is 2.42. The van der Waals surface area contributed by atoms with Crippen LogP contribution in [0.3, 0.4) is 0 Å². The topological polar surface area (TPSA) is 219 Å². The number of aromatic nitrogens is 3. The molecule has 3 atom stereocenters. The minimum absolute atomic E-state index is 0.0950. The highest BCUT2D eigenvalue weighted by molar-refractivity contribution is 8.01. The molecule has 4 amide bonds. The Labute approximate surface area is 214 Å². The van der Waals surface area contributed by atoms with Crippen molar-refractivity contribution in [3.63, 3.8) is 0 Å². The van der Waals surface area contributed by atoms with Gasteiger partial charge in [0, 0.05) is 16.9 Å². The summed E-state index contributed by atoms with van der Waals surface area (Å²) in [5.41, 5.74) is 8.15. The minimum atomic E-state index is -1.26. The average Bonchev–Trinajstić information content (AvgIpc) is 3.45. The lowest BCUT2D eigenvalue weighted by atomic mass is 10.0. The number of nitrogens with zero attached hydrogens (tertiary/aromatic N) is 4. The molecule has 2 aliphatic heterocycles. The van der Waals surface area contributed by atoms with Crippen LogP contribution in [0.4, 0.5) is 9.93 Å². The SMILES string of the molecule is Cc1nnc(SCC2=C(C(=O)O)N3C(=O)C(NC(=O)C(NC(=O)NN)c4csc(N)n4)[C@H]3SC2)s1. The first-order chi connectivity index (χ1) is 16.7. The fraction of sp³-hybridized carbons (Fsp3) is 0.353. The Morgan fingerprint density at radius 2 is 2.14 bits per heavy atom. The minimum Gasteiger partial charge on any atom is -0.477 e. The van der Waals surface area contributed by atoms with Crippen molar-refractivity contribution in [3.05, 3.63) is 27.4 Å². The van der Waals surface area contributed by atoms with Crippen molar-refractivity contribution in [2.45, 2.75) is 28.7 Å². The molecule has 2 unspecified atom stereocenters. The smallest absolute Gasteiger partial charge is 0.352 e. The zero-order chi connectivity index (χ0) is 25.3. The van der Waals surface area contributed by atoms with E-state index in [1.165, 1.54) is 45.1 Å². The van der Waals surface area contributed by atoms with Gasteiger partial charge < -0.3 is 21.5 Å². The van der Waals surface area contributed by atoms with E-state index in [1.807, 2.05) is 12.3 Å². The maximum absolute atomic E-state index is 13.0. The number of thioether (sulfide) groups is 2. The molecule has 1 fully saturated rings. The van der Waals surface area contributed by atoms with Crippen molar-refractivity contribution >= 4 is 75.1 Å². The number of nitrogens with one attached hydrogen (secondary N) is 3. The van der Waals surface area contributed by atoms with Gasteiger partial charge in [-0.1, -0.05) is 23.1 Å². The van der Waals surface area contributed by atoms with Crippen LogP contribution in [-0.4, -0.2) is 71.9 Å². The normalized spacial score (nSPS) is 20.1. The maximum atomic E-state index is 13.0. The average molecular weight is 558 g/mol. The Morgan fingerprint density at radius 1 is 1.37 bits per heavy atom. The zero-order valence-electron chi connectivity index (χ0n) is 17.9. The van der Waals surface area contributed by atoms with Gasteiger partial charge in [0.1, 0.15) is 22.1 Å². The summed E-state index contributed by atoms with van der Waals surface area (Å²) < 4.78 is 0.703. The molecule has 0 aliphatic carbocycles. The maximum Gasteiger partial charge on any atom is 0.352 e. The second-order valence-corrected chi connectivity index (χ2v) is 11.6. The van der Waals surface area contributed by atoms with E-state index in [-0.39, 0.29) is 16.5 Å². The van der Waals surface area contributed by atoms with Crippen molar-refractivity contribution in [1.82, 2.24) is 36.1 Å². The van der Waals surface area contributed by atoms with Gasteiger partial charge in [0.25, 0.3) is 5.91 Å². The van der Waals surface area contributed by atoms with Gasteiger partial charge in [-0.2, -0.15) is 0 Å². The first-order valence-electron chi connectivity index (χ1n) is 9.81. The number of carboxylic acid groups (broad SMARTS) is 1. The molecule has 8 N–H and O–H groups in total. The fourth-order valence-corrected chi connectivity index (χ4v) is 7.29. The van der Waals surface area contributed by atoms with Gasteiger partial charge in [-0.3, -0.25) is 19.9 Å². The number of carboxylic acids is 1. The summed E-state index contributed by atoms with van der Waals surface area (Å²) in [5.74, 6) is 3.28. The number of rotatable bonds is 8. The lowest BCUT2D eigenvalue weighted by molar-refractivity contribution is -0.151. The van der Waals surface area contributed by atoms with E-state index in [9.17, 15) is 24.3 Å². The lowest BCUT2D eigenvalue weighted by Gasteiger charge is -2.49. The fourth-order valence-electron chi connectivity index (χ4n) is 3.40. The molecule has 18 heteroatoms. The van der Waals surface area contributed by atoms with Gasteiger partial charge in [-0.05, 0) is 12.5 Å². The molecule has 2 aromatic heterocycles. The van der Waals surface area contributed by atoms with Gasteiger partial charge in [0.05, 0.1) is 5.69 Å². The van der Waals surface area contributed by atoms with Crippen molar-refractivity contribution in [2.24, 2.45) is 5.84 Å². The first kappa shape index (κ1) is 25.2. The van der Waals surface area contributed by atoms with Gasteiger partial charge in [-0.25, -0.2) is 20.4 Å². The van der Waals surface area contributed by atoms with Crippen LogP contribution in [0.1, 0.15) is 16.7 Å². The van der Waals surface area contributed by atoms with E-state index in [4.69, 9.17) is 11.6 Å². The Bertz CT molecular complexity index is 1210. The van der Waals surface area contributed by atoms with E-state index in [1.54, 1.807) is 0 Å². The molecule has 35 heavy (non-hydrogen) atoms. The highest BCUT2D eigenvalue weighted by Gasteiger charge is 2.54. The van der Waals surface area contributed by atoms with E-state index in [2.05, 4.69) is 25.8 Å². The van der Waals surface area contributed by atoms with Crippen LogP contribution in [0.25, 0.3) is 0 Å². The molecular formula is C17H19N9O5S4. The predicted molar refractivity (Wildman–Crippen MR) is 130 cm³/mol. The Kier molecular flexibility index (Phi) is 7.45. The van der Waals surface area contributed by atoms with Gasteiger partial charge >= 0.3 is 12.0 Å². The third kappa shape index (κ3) is 5.20. The summed E-state index contributed by atoms with van der Waals surface area (Å²) >= 11 is 5.16. The van der Waals surface area contributed by atoms with Crippen molar-refractivity contribution < 1.29 is 24.3 Å². The molecule has 0 spiro atoms. The Balaban J connectivity index is 1.48. The number of nitrogens with two attached hydrogens (primary N) is 2. The van der Waals surface area contributed by atoms with Crippen LogP contribution in [-0.2, 0) is 14.4 Å². The monoisotopic (exact) mass is 557 g/mol. The standard InChI is InChI=1S/C17H19N9O5S4/c1-5-24-25-17(35-5)34-3-6-2-32-13-9(12(28)26(13)10(6)14(29)30)21-11(27)8(22-16(31)23-19)7-4-33-15(18)20-7/h4,8-9,13H,2-3,19H2,1H3,(H2,18,20)(H,21,27)(H,29,30)(H2,22,23,31)/t8?,9?,13-/m1/s1. The zero-order valence-corrected chi connectivity index (χ0v) is 21.1. The number of urea groups is 1. The number of hydrogen-bond acceptors (Lipinski definition) is 13. The Hall–Kier alpha value is -2.93. The molecule has 0 saturated carbocycles. The Morgan fingerprint density at radius 3 is 2.74 bits per heavy atom. The summed E-state index contributed by atoms with van der Waals surface area (Å²) in [7, 11) is 0. The highest BCUT2D eigenvalue weighted by atomic mass is 32.2. The molecule has 186 valence electrons. The molecule has 0 bridgehead atoms. The number of thiazole rings is 1. The molecule has 4 rings (SSSR count). The third-order valence-electron chi connectivity index (χ3n) is 4.93. The first-order valence-corrected chi connectivity index (χ1v) is 13.5. The number of carbonyl (C=O) groups is 4. The number of amides is 4. The van der Waals surface area contributed by atoms with Crippen LogP contribution in [0.15, 0.2) is 21.0 Å². The molecule has 0 radical (unpaired) electrons. The van der Waals surface area contributed by atoms with Crippen LogP contribution < -0.4 is 27.6 Å². The summed E-state index contributed by atoms with van der Waals surface area (Å²) in [6.45, 7) is 1.82. The summed E-state index contributed by atoms with van der Waals surface area (Å²) in [5, 5.41) is 24.6. The number of aliphatic carboxylic acids is 1. The van der Waals surface area contributed by atoms with Gasteiger partial charge in [-0.15, -0.1) is 33.3 Å². The van der Waals surface area contributed by atoms with E-state index < -0.39 is 41.3 Å². The number of anilines is 1. The summed E-state index contributed by atoms with van der Waals surface area (Å²) in [6, 6.07) is -3.09. The number of β-lactam (4-membered cyclic amide) rings is 1. The van der Waals surface area contributed by atoms with Crippen LogP contribution in [0.5, 0.6) is 0 Å². The van der Waals surface area contributed by atoms with Crippen LogP contribution in [0, 0.1) is 6.92 Å². The van der Waals surface area contributed by atoms with Gasteiger partial charge in [0.15, 0.2) is 15.5 Å². The molecule has 2 aromatic rings. The molecule has 2 aliphatic rings. The van der Waals surface area contributed by atoms with Crippen LogP contribution >= 0.6 is 46.2 Å². The molecule has 1 saturated heterocycles. The number of aryl methyl sites for hydroxylation is 1. The van der Waals surface area contributed by atoms with Crippen molar-refractivity contribution in [2.75, 3.05) is 17.2 Å². The van der Waals surface area contributed by atoms with E-state index in [0.717, 1.165) is 16.3 Å². The predicted octanol–water partition coefficient (Wildman–Crippen LogP) is -0.370. The van der Waals surface area contributed by atoms with Crippen LogP contribution in [0.2, 0.25) is 0 Å². The lowest BCUT2D eigenvalue weighted by Crippen LogP contribution is -2.71. The number of nitrogen functional groups attached to an aromatic ring is 1. The molecular weight excluding hydrogens is 539 g/mol. The number of hydrazine groups is 1.